The van der Waals surface area contributed by atoms with Gasteiger partial charge in [-0.2, -0.15) is 5.10 Å². The number of imidazole rings is 1. The molecular weight excluding hydrogens is 396 g/mol. The van der Waals surface area contributed by atoms with E-state index < -0.39 is 5.92 Å². The maximum absolute atomic E-state index is 13.2. The van der Waals surface area contributed by atoms with Gasteiger partial charge in [-0.1, -0.05) is 0 Å². The van der Waals surface area contributed by atoms with Crippen LogP contribution in [0.15, 0.2) is 18.5 Å². The van der Waals surface area contributed by atoms with Crippen LogP contribution in [0.2, 0.25) is 0 Å². The first-order valence-corrected chi connectivity index (χ1v) is 9.74. The zero-order valence-electron chi connectivity index (χ0n) is 16.6. The molecule has 5 rings (SSSR count). The predicted octanol–water partition coefficient (Wildman–Crippen LogP) is 2.12. The second-order valence-electron chi connectivity index (χ2n) is 7.79. The summed E-state index contributed by atoms with van der Waals surface area (Å²) in [5, 5.41) is 13.8. The molecule has 0 unspecified atom stereocenters. The van der Waals surface area contributed by atoms with E-state index in [2.05, 4.69) is 15.1 Å². The molecule has 0 aromatic carbocycles. The summed E-state index contributed by atoms with van der Waals surface area (Å²) in [5.74, 6) is -0.0677. The number of hydrogen-bond donors (Lipinski definition) is 1. The van der Waals surface area contributed by atoms with Crippen LogP contribution in [0.25, 0.3) is 22.9 Å². The van der Waals surface area contributed by atoms with Gasteiger partial charge in [-0.15, -0.1) is 0 Å². The van der Waals surface area contributed by atoms with Crippen LogP contribution in [0.5, 0.6) is 5.75 Å². The van der Waals surface area contributed by atoms with Crippen molar-refractivity contribution in [2.75, 3.05) is 24.6 Å². The molecule has 0 bridgehead atoms. The number of rotatable bonds is 4. The van der Waals surface area contributed by atoms with Gasteiger partial charge in [0.2, 0.25) is 0 Å². The summed E-state index contributed by atoms with van der Waals surface area (Å²) in [4.78, 5) is 15.0. The lowest BCUT2D eigenvalue weighted by atomic mass is 10.1. The fraction of sp³-hybridized carbons (Fsp3) is 0.474. The zero-order chi connectivity index (χ0) is 21.0. The Morgan fingerprint density at radius 1 is 1.23 bits per heavy atom. The zero-order valence-corrected chi connectivity index (χ0v) is 16.6. The van der Waals surface area contributed by atoms with Crippen molar-refractivity contribution in [2.45, 2.75) is 39.0 Å². The molecule has 1 saturated heterocycles. The van der Waals surface area contributed by atoms with Crippen LogP contribution in [0.1, 0.15) is 25.7 Å². The van der Waals surface area contributed by atoms with Crippen molar-refractivity contribution < 1.29 is 18.6 Å². The van der Waals surface area contributed by atoms with Crippen molar-refractivity contribution >= 4 is 5.82 Å². The third-order valence-corrected chi connectivity index (χ3v) is 5.16. The highest BCUT2D eigenvalue weighted by molar-refractivity contribution is 5.70. The quantitative estimate of drug-likeness (QED) is 0.695. The third kappa shape index (κ3) is 3.09. The second-order valence-corrected chi connectivity index (χ2v) is 7.79. The molecule has 0 amide bonds. The van der Waals surface area contributed by atoms with Crippen molar-refractivity contribution in [1.82, 2.24) is 29.3 Å². The first-order chi connectivity index (χ1) is 14.3. The van der Waals surface area contributed by atoms with Crippen molar-refractivity contribution in [2.24, 2.45) is 0 Å². The molecular formula is C19H21F2N7O2. The van der Waals surface area contributed by atoms with E-state index in [1.165, 1.54) is 4.90 Å². The summed E-state index contributed by atoms with van der Waals surface area (Å²) in [7, 11) is 0. The monoisotopic (exact) mass is 417 g/mol. The van der Waals surface area contributed by atoms with Gasteiger partial charge >= 0.3 is 0 Å². The standard InChI is InChI=1S/C19H21F2N7O2/c1-11(2)28-18(24-15(8-29)25-28)13-7-26-3-4-30-14-5-16(27-9-19(20,21)10-27)22-6-12(14)17(26)23-13/h5-7,11,29H,3-4,8-10H2,1-2H3. The first kappa shape index (κ1) is 18.9. The molecule has 3 aromatic heterocycles. The van der Waals surface area contributed by atoms with E-state index in [0.717, 1.165) is 0 Å². The lowest BCUT2D eigenvalue weighted by Gasteiger charge is -2.39. The molecule has 11 heteroatoms. The van der Waals surface area contributed by atoms with Gasteiger partial charge < -0.3 is 19.3 Å². The SMILES string of the molecule is CC(C)n1nc(CO)nc1-c1cn2c(n1)-c1cnc(N3CC(F)(F)C3)cc1OCC2. The summed E-state index contributed by atoms with van der Waals surface area (Å²) in [6, 6.07) is 1.73. The molecule has 0 aliphatic carbocycles. The van der Waals surface area contributed by atoms with E-state index in [4.69, 9.17) is 9.72 Å². The van der Waals surface area contributed by atoms with Gasteiger partial charge in [0.1, 0.15) is 36.3 Å². The number of halogens is 2. The molecule has 3 aromatic rings. The number of anilines is 1. The van der Waals surface area contributed by atoms with Gasteiger partial charge in [0.05, 0.1) is 25.2 Å². The Hall–Kier alpha value is -3.08. The van der Waals surface area contributed by atoms with E-state index in [0.29, 0.717) is 53.4 Å². The van der Waals surface area contributed by atoms with Crippen molar-refractivity contribution in [3.8, 4) is 28.7 Å². The molecule has 0 saturated carbocycles. The lowest BCUT2D eigenvalue weighted by molar-refractivity contribution is -0.0267. The summed E-state index contributed by atoms with van der Waals surface area (Å²) in [6.45, 7) is 4.01. The van der Waals surface area contributed by atoms with Crippen LogP contribution >= 0.6 is 0 Å². The number of alkyl halides is 2. The molecule has 30 heavy (non-hydrogen) atoms. The molecule has 2 aliphatic heterocycles. The summed E-state index contributed by atoms with van der Waals surface area (Å²) < 4.78 is 36.0. The minimum Gasteiger partial charge on any atom is -0.491 e. The third-order valence-electron chi connectivity index (χ3n) is 5.16. The van der Waals surface area contributed by atoms with E-state index >= 15 is 0 Å². The van der Waals surface area contributed by atoms with Crippen LogP contribution in [0.3, 0.4) is 0 Å². The highest BCUT2D eigenvalue weighted by atomic mass is 19.3. The van der Waals surface area contributed by atoms with E-state index in [1.54, 1.807) is 16.9 Å². The average molecular weight is 417 g/mol. The van der Waals surface area contributed by atoms with Crippen molar-refractivity contribution in [3.63, 3.8) is 0 Å². The topological polar surface area (TPSA) is 94.1 Å². The molecule has 0 spiro atoms. The van der Waals surface area contributed by atoms with Crippen LogP contribution in [-0.2, 0) is 13.2 Å². The Morgan fingerprint density at radius 2 is 2.03 bits per heavy atom. The van der Waals surface area contributed by atoms with Crippen LogP contribution in [0.4, 0.5) is 14.6 Å². The average Bonchev–Trinajstić information content (AvgIpc) is 3.26. The van der Waals surface area contributed by atoms with Crippen molar-refractivity contribution in [3.05, 3.63) is 24.3 Å². The van der Waals surface area contributed by atoms with Gasteiger partial charge in [0.15, 0.2) is 11.6 Å². The Morgan fingerprint density at radius 3 is 2.73 bits per heavy atom. The molecule has 1 N–H and O–H groups in total. The molecule has 9 nitrogen and oxygen atoms in total. The van der Waals surface area contributed by atoms with E-state index in [1.807, 2.05) is 24.6 Å². The summed E-state index contributed by atoms with van der Waals surface area (Å²) >= 11 is 0. The lowest BCUT2D eigenvalue weighted by Crippen LogP contribution is -2.56. The predicted molar refractivity (Wildman–Crippen MR) is 103 cm³/mol. The number of aromatic nitrogens is 6. The molecule has 5 heterocycles. The Labute approximate surface area is 171 Å². The maximum atomic E-state index is 13.2. The summed E-state index contributed by atoms with van der Waals surface area (Å²) in [6.07, 6.45) is 3.49. The fourth-order valence-electron chi connectivity index (χ4n) is 3.69. The van der Waals surface area contributed by atoms with E-state index in [-0.39, 0.29) is 25.7 Å². The summed E-state index contributed by atoms with van der Waals surface area (Å²) in [5.41, 5.74) is 1.32. The van der Waals surface area contributed by atoms with Gasteiger partial charge in [0, 0.05) is 24.5 Å². The molecule has 158 valence electrons. The number of pyridine rings is 1. The number of nitrogens with zero attached hydrogens (tertiary/aromatic N) is 7. The molecule has 0 radical (unpaired) electrons. The highest BCUT2D eigenvalue weighted by Gasteiger charge is 2.44. The molecule has 2 aliphatic rings. The van der Waals surface area contributed by atoms with Crippen LogP contribution in [0, 0.1) is 0 Å². The van der Waals surface area contributed by atoms with Gasteiger partial charge in [-0.05, 0) is 13.8 Å². The minimum atomic E-state index is -2.67. The Bertz CT molecular complexity index is 1100. The maximum Gasteiger partial charge on any atom is 0.282 e. The van der Waals surface area contributed by atoms with Crippen LogP contribution in [-0.4, -0.2) is 60.0 Å². The van der Waals surface area contributed by atoms with Gasteiger partial charge in [-0.25, -0.2) is 28.4 Å². The van der Waals surface area contributed by atoms with Crippen molar-refractivity contribution in [1.29, 1.82) is 0 Å². The molecule has 1 fully saturated rings. The van der Waals surface area contributed by atoms with Crippen LogP contribution < -0.4 is 9.64 Å². The number of fused-ring (bicyclic) bond motifs is 3. The number of ether oxygens (including phenoxy) is 1. The van der Waals surface area contributed by atoms with Gasteiger partial charge in [-0.3, -0.25) is 0 Å². The Balaban J connectivity index is 1.53. The fourth-order valence-corrected chi connectivity index (χ4v) is 3.69. The second kappa shape index (κ2) is 6.73. The van der Waals surface area contributed by atoms with Gasteiger partial charge in [0.25, 0.3) is 5.92 Å². The highest BCUT2D eigenvalue weighted by Crippen LogP contribution is 2.38. The number of hydrogen-bond acceptors (Lipinski definition) is 7. The molecule has 0 atom stereocenters. The minimum absolute atomic E-state index is 0.0452. The number of aliphatic hydroxyl groups is 1. The smallest absolute Gasteiger partial charge is 0.282 e. The Kier molecular flexibility index (Phi) is 4.24. The first-order valence-electron chi connectivity index (χ1n) is 9.74. The largest absolute Gasteiger partial charge is 0.491 e. The van der Waals surface area contributed by atoms with E-state index in [9.17, 15) is 13.9 Å². The normalized spacial score (nSPS) is 17.2. The number of aliphatic hydroxyl groups excluding tert-OH is 1.